The van der Waals surface area contributed by atoms with Gasteiger partial charge in [-0.2, -0.15) is 0 Å². The molecule has 3 aromatic rings. The Labute approximate surface area is 148 Å². The van der Waals surface area contributed by atoms with Crippen LogP contribution >= 0.6 is 49.9 Å². The van der Waals surface area contributed by atoms with Crippen molar-refractivity contribution in [1.29, 1.82) is 0 Å². The van der Waals surface area contributed by atoms with Gasteiger partial charge in [0.25, 0.3) is 5.91 Å². The van der Waals surface area contributed by atoms with Crippen molar-refractivity contribution >= 4 is 55.8 Å². The van der Waals surface area contributed by atoms with Gasteiger partial charge in [-0.25, -0.2) is 0 Å². The molecule has 0 spiro atoms. The Bertz CT molecular complexity index is 763. The lowest BCUT2D eigenvalue weighted by molar-refractivity contribution is 0.0922. The van der Waals surface area contributed by atoms with Crippen molar-refractivity contribution < 1.29 is 9.90 Å². The Kier molecular flexibility index (Phi) is 5.10. The van der Waals surface area contributed by atoms with E-state index in [4.69, 9.17) is 0 Å². The van der Waals surface area contributed by atoms with Crippen LogP contribution in [0.3, 0.4) is 0 Å². The zero-order valence-electron chi connectivity index (χ0n) is 11.3. The van der Waals surface area contributed by atoms with E-state index in [1.807, 2.05) is 29.0 Å². The number of hydrogen-bond acceptors (Lipinski definition) is 5. The van der Waals surface area contributed by atoms with Gasteiger partial charge < -0.3 is 10.4 Å². The first kappa shape index (κ1) is 15.9. The number of aliphatic hydroxyl groups is 1. The molecule has 0 saturated heterocycles. The zero-order valence-corrected chi connectivity index (χ0v) is 15.3. The topological polar surface area (TPSA) is 49.3 Å². The van der Waals surface area contributed by atoms with E-state index in [1.54, 1.807) is 28.7 Å². The van der Waals surface area contributed by atoms with Gasteiger partial charge in [0.2, 0.25) is 0 Å². The van der Waals surface area contributed by atoms with Gasteiger partial charge in [-0.1, -0.05) is 6.07 Å². The first-order valence-corrected chi connectivity index (χ1v) is 9.84. The average Bonchev–Trinajstić information content (AvgIpc) is 3.23. The van der Waals surface area contributed by atoms with Gasteiger partial charge in [-0.15, -0.1) is 34.0 Å². The molecule has 0 radical (unpaired) electrons. The van der Waals surface area contributed by atoms with E-state index in [-0.39, 0.29) is 12.5 Å². The molecule has 0 aliphatic rings. The number of thiophene rings is 3. The molecule has 0 fully saturated rings. The predicted molar refractivity (Wildman–Crippen MR) is 96.9 cm³/mol. The fraction of sp³-hybridized carbons (Fsp3) is 0.133. The molecular weight excluding hydrogens is 402 g/mol. The van der Waals surface area contributed by atoms with Crippen LogP contribution in [-0.2, 0) is 0 Å². The van der Waals surface area contributed by atoms with Gasteiger partial charge >= 0.3 is 0 Å². The molecule has 3 rings (SSSR count). The summed E-state index contributed by atoms with van der Waals surface area (Å²) in [6, 6.07) is 9.76. The molecule has 0 aliphatic heterocycles. The second-order valence-corrected chi connectivity index (χ2v) is 8.42. The second kappa shape index (κ2) is 7.06. The van der Waals surface area contributed by atoms with Gasteiger partial charge in [0.05, 0.1) is 4.88 Å². The fourth-order valence-electron chi connectivity index (χ4n) is 1.89. The van der Waals surface area contributed by atoms with E-state index in [2.05, 4.69) is 27.3 Å². The molecule has 7 heteroatoms. The Morgan fingerprint density at radius 3 is 2.82 bits per heavy atom. The van der Waals surface area contributed by atoms with E-state index < -0.39 is 6.10 Å². The molecule has 0 aliphatic carbocycles. The van der Waals surface area contributed by atoms with Crippen LogP contribution in [-0.4, -0.2) is 17.6 Å². The first-order chi connectivity index (χ1) is 10.6. The highest BCUT2D eigenvalue weighted by atomic mass is 79.9. The maximum Gasteiger partial charge on any atom is 0.261 e. The average molecular weight is 414 g/mol. The van der Waals surface area contributed by atoms with Crippen molar-refractivity contribution in [1.82, 2.24) is 5.32 Å². The van der Waals surface area contributed by atoms with E-state index >= 15 is 0 Å². The van der Waals surface area contributed by atoms with Gasteiger partial charge in [-0.05, 0) is 45.6 Å². The number of halogens is 1. The van der Waals surface area contributed by atoms with Gasteiger partial charge in [0.15, 0.2) is 0 Å². The normalized spacial score (nSPS) is 12.3. The molecule has 22 heavy (non-hydrogen) atoms. The number of nitrogens with one attached hydrogen (secondary N) is 1. The summed E-state index contributed by atoms with van der Waals surface area (Å²) in [6.07, 6.45) is -0.689. The molecule has 2 N–H and O–H groups in total. The molecule has 3 nitrogen and oxygen atoms in total. The molecule has 3 heterocycles. The van der Waals surface area contributed by atoms with Gasteiger partial charge in [0, 0.05) is 31.0 Å². The third-order valence-electron chi connectivity index (χ3n) is 2.97. The van der Waals surface area contributed by atoms with Gasteiger partial charge in [0.1, 0.15) is 6.10 Å². The quantitative estimate of drug-likeness (QED) is 0.632. The molecule has 1 atom stereocenters. The minimum Gasteiger partial charge on any atom is -0.386 e. The number of rotatable bonds is 5. The van der Waals surface area contributed by atoms with Crippen LogP contribution in [0, 0.1) is 0 Å². The lowest BCUT2D eigenvalue weighted by atomic mass is 10.3. The number of hydrogen-bond donors (Lipinski definition) is 2. The number of carbonyl (C=O) groups is 1. The van der Waals surface area contributed by atoms with E-state index in [1.165, 1.54) is 16.2 Å². The van der Waals surface area contributed by atoms with Crippen molar-refractivity contribution in [3.63, 3.8) is 0 Å². The Hall–Kier alpha value is -0.990. The summed E-state index contributed by atoms with van der Waals surface area (Å²) in [5, 5.41) is 16.9. The summed E-state index contributed by atoms with van der Waals surface area (Å²) in [5.41, 5.74) is 0. The van der Waals surface area contributed by atoms with Crippen molar-refractivity contribution in [2.45, 2.75) is 6.10 Å². The summed E-state index contributed by atoms with van der Waals surface area (Å²) in [5.74, 6) is -0.162. The van der Waals surface area contributed by atoms with E-state index in [0.717, 1.165) is 14.2 Å². The van der Waals surface area contributed by atoms with Crippen LogP contribution in [0.15, 0.2) is 45.6 Å². The molecular formula is C15H12BrNO2S3. The Morgan fingerprint density at radius 1 is 1.27 bits per heavy atom. The lowest BCUT2D eigenvalue weighted by Crippen LogP contribution is -2.27. The maximum absolute atomic E-state index is 12.0. The van der Waals surface area contributed by atoms with Crippen LogP contribution in [0.4, 0.5) is 0 Å². The SMILES string of the molecule is O=C(NC[C@@H](O)c1ccc(-c2cccs2)s1)c1cc(Br)cs1. The second-order valence-electron chi connectivity index (χ2n) is 4.53. The number of aliphatic hydroxyl groups excluding tert-OH is 1. The highest BCUT2D eigenvalue weighted by Gasteiger charge is 2.14. The summed E-state index contributed by atoms with van der Waals surface area (Å²) < 4.78 is 0.891. The summed E-state index contributed by atoms with van der Waals surface area (Å²) >= 11 is 7.92. The molecule has 0 aromatic carbocycles. The third kappa shape index (κ3) is 3.67. The summed E-state index contributed by atoms with van der Waals surface area (Å²) in [4.78, 5) is 15.8. The lowest BCUT2D eigenvalue weighted by Gasteiger charge is -2.09. The van der Waals surface area contributed by atoms with E-state index in [9.17, 15) is 9.90 Å². The minimum atomic E-state index is -0.689. The zero-order chi connectivity index (χ0) is 15.5. The molecule has 0 bridgehead atoms. The van der Waals surface area contributed by atoms with Gasteiger partial charge in [-0.3, -0.25) is 4.79 Å². The molecule has 0 saturated carbocycles. The van der Waals surface area contributed by atoms with Crippen molar-refractivity contribution in [2.24, 2.45) is 0 Å². The van der Waals surface area contributed by atoms with Crippen molar-refractivity contribution in [3.05, 3.63) is 55.3 Å². The predicted octanol–water partition coefficient (Wildman–Crippen LogP) is 4.76. The Balaban J connectivity index is 1.60. The minimum absolute atomic E-state index is 0.162. The highest BCUT2D eigenvalue weighted by Crippen LogP contribution is 2.33. The van der Waals surface area contributed by atoms with Crippen LogP contribution < -0.4 is 5.32 Å². The number of amides is 1. The summed E-state index contributed by atoms with van der Waals surface area (Å²) in [7, 11) is 0. The highest BCUT2D eigenvalue weighted by molar-refractivity contribution is 9.10. The number of carbonyl (C=O) groups excluding carboxylic acids is 1. The Morgan fingerprint density at radius 2 is 2.14 bits per heavy atom. The standard InChI is InChI=1S/C15H12BrNO2S3/c16-9-6-14(21-8-9)15(19)17-7-10(18)11-3-4-13(22-11)12-2-1-5-20-12/h1-6,8,10,18H,7H2,(H,17,19)/t10-/m1/s1. The van der Waals surface area contributed by atoms with Crippen molar-refractivity contribution in [3.8, 4) is 9.75 Å². The van der Waals surface area contributed by atoms with Crippen LogP contribution in [0.5, 0.6) is 0 Å². The smallest absolute Gasteiger partial charge is 0.261 e. The third-order valence-corrected chi connectivity index (χ3v) is 6.91. The molecule has 1 amide bonds. The van der Waals surface area contributed by atoms with E-state index in [0.29, 0.717) is 4.88 Å². The van der Waals surface area contributed by atoms with Crippen LogP contribution in [0.1, 0.15) is 20.7 Å². The largest absolute Gasteiger partial charge is 0.386 e. The van der Waals surface area contributed by atoms with Crippen LogP contribution in [0.2, 0.25) is 0 Å². The maximum atomic E-state index is 12.0. The fourth-order valence-corrected chi connectivity index (χ4v) is 5.06. The molecule has 0 unspecified atom stereocenters. The summed E-state index contributed by atoms with van der Waals surface area (Å²) in [6.45, 7) is 0.207. The molecule has 3 aromatic heterocycles. The first-order valence-electron chi connectivity index (χ1n) is 6.47. The molecule has 114 valence electrons. The van der Waals surface area contributed by atoms with Crippen molar-refractivity contribution in [2.75, 3.05) is 6.54 Å². The monoisotopic (exact) mass is 413 g/mol. The van der Waals surface area contributed by atoms with Crippen LogP contribution in [0.25, 0.3) is 9.75 Å².